The average Bonchev–Trinajstić information content (AvgIpc) is 2.38. The zero-order valence-corrected chi connectivity index (χ0v) is 11.3. The number of anilines is 1. The third-order valence-corrected chi connectivity index (χ3v) is 3.71. The van der Waals surface area contributed by atoms with Gasteiger partial charge in [0.15, 0.2) is 11.6 Å². The highest BCUT2D eigenvalue weighted by atomic mass is 19.1. The van der Waals surface area contributed by atoms with Crippen molar-refractivity contribution in [3.8, 4) is 0 Å². The van der Waals surface area contributed by atoms with E-state index < -0.39 is 11.6 Å². The number of hydrogen-bond acceptors (Lipinski definition) is 3. The number of halogens is 2. The van der Waals surface area contributed by atoms with E-state index >= 15 is 0 Å². The van der Waals surface area contributed by atoms with Gasteiger partial charge in [0.2, 0.25) is 0 Å². The van der Waals surface area contributed by atoms with Gasteiger partial charge in [0.1, 0.15) is 5.82 Å². The third kappa shape index (κ3) is 3.41. The summed E-state index contributed by atoms with van der Waals surface area (Å²) in [6.45, 7) is 2.78. The van der Waals surface area contributed by atoms with Crippen molar-refractivity contribution in [2.45, 2.75) is 51.1 Å². The number of nitrogens with zero attached hydrogens (tertiary/aromatic N) is 2. The Balaban J connectivity index is 2.19. The summed E-state index contributed by atoms with van der Waals surface area (Å²) >= 11 is 0. The molecular weight excluding hydrogens is 248 g/mol. The molecule has 3 nitrogen and oxygen atoms in total. The molecule has 0 radical (unpaired) electrons. The molecule has 1 heterocycles. The molecule has 1 saturated carbocycles. The average molecular weight is 269 g/mol. The van der Waals surface area contributed by atoms with Crippen molar-refractivity contribution in [1.29, 1.82) is 0 Å². The Morgan fingerprint density at radius 3 is 2.58 bits per heavy atom. The molecule has 1 aliphatic carbocycles. The van der Waals surface area contributed by atoms with Crippen LogP contribution in [0.1, 0.15) is 39.0 Å². The molecule has 0 spiro atoms. The van der Waals surface area contributed by atoms with E-state index in [1.165, 1.54) is 0 Å². The molecule has 5 heteroatoms. The first-order valence-electron chi connectivity index (χ1n) is 6.95. The molecule has 0 bridgehead atoms. The van der Waals surface area contributed by atoms with Gasteiger partial charge in [-0.05, 0) is 32.1 Å². The van der Waals surface area contributed by atoms with Crippen molar-refractivity contribution in [2.24, 2.45) is 5.73 Å². The molecule has 0 aromatic carbocycles. The van der Waals surface area contributed by atoms with E-state index in [0.29, 0.717) is 0 Å². The lowest BCUT2D eigenvalue weighted by molar-refractivity contribution is 0.371. The summed E-state index contributed by atoms with van der Waals surface area (Å²) in [5.41, 5.74) is 5.90. The van der Waals surface area contributed by atoms with E-state index in [4.69, 9.17) is 5.73 Å². The number of hydrogen-bond donors (Lipinski definition) is 1. The van der Waals surface area contributed by atoms with Gasteiger partial charge in [-0.25, -0.2) is 13.8 Å². The highest BCUT2D eigenvalue weighted by Gasteiger charge is 2.26. The fourth-order valence-corrected chi connectivity index (χ4v) is 2.73. The van der Waals surface area contributed by atoms with Crippen LogP contribution in [-0.2, 0) is 0 Å². The van der Waals surface area contributed by atoms with Crippen LogP contribution in [0.4, 0.5) is 14.6 Å². The fourth-order valence-electron chi connectivity index (χ4n) is 2.73. The molecule has 0 amide bonds. The number of pyridine rings is 1. The molecule has 0 unspecified atom stereocenters. The second kappa shape index (κ2) is 6.28. The highest BCUT2D eigenvalue weighted by Crippen LogP contribution is 2.27. The lowest BCUT2D eigenvalue weighted by Gasteiger charge is -2.36. The van der Waals surface area contributed by atoms with E-state index in [0.717, 1.165) is 50.9 Å². The van der Waals surface area contributed by atoms with Gasteiger partial charge in [0, 0.05) is 24.7 Å². The largest absolute Gasteiger partial charge is 0.351 e. The molecule has 19 heavy (non-hydrogen) atoms. The first-order valence-corrected chi connectivity index (χ1v) is 6.95. The molecule has 1 aromatic rings. The lowest BCUT2D eigenvalue weighted by Crippen LogP contribution is -2.42. The molecule has 0 atom stereocenters. The monoisotopic (exact) mass is 269 g/mol. The van der Waals surface area contributed by atoms with Crippen LogP contribution in [0.5, 0.6) is 0 Å². The van der Waals surface area contributed by atoms with Crippen LogP contribution in [0.2, 0.25) is 0 Å². The van der Waals surface area contributed by atoms with E-state index in [-0.39, 0.29) is 17.9 Å². The Morgan fingerprint density at radius 2 is 2.00 bits per heavy atom. The van der Waals surface area contributed by atoms with Gasteiger partial charge in [0.25, 0.3) is 0 Å². The minimum atomic E-state index is -0.636. The van der Waals surface area contributed by atoms with Crippen LogP contribution in [0.3, 0.4) is 0 Å². The van der Waals surface area contributed by atoms with Gasteiger partial charge in [0.05, 0.1) is 6.20 Å². The summed E-state index contributed by atoms with van der Waals surface area (Å²) in [4.78, 5) is 5.91. The minimum Gasteiger partial charge on any atom is -0.351 e. The Bertz CT molecular complexity index is 417. The third-order valence-electron chi connectivity index (χ3n) is 3.71. The molecular formula is C14H21F2N3. The summed E-state index contributed by atoms with van der Waals surface area (Å²) < 4.78 is 26.8. The molecule has 106 valence electrons. The van der Waals surface area contributed by atoms with Crippen molar-refractivity contribution in [1.82, 2.24) is 4.98 Å². The van der Waals surface area contributed by atoms with Crippen LogP contribution in [0, 0.1) is 11.6 Å². The molecule has 1 fully saturated rings. The molecule has 0 aliphatic heterocycles. The first kappa shape index (κ1) is 14.2. The van der Waals surface area contributed by atoms with Crippen LogP contribution >= 0.6 is 0 Å². The van der Waals surface area contributed by atoms with Crippen molar-refractivity contribution in [3.63, 3.8) is 0 Å². The zero-order valence-electron chi connectivity index (χ0n) is 11.3. The number of rotatable bonds is 4. The Labute approximate surface area is 112 Å². The Morgan fingerprint density at radius 1 is 1.32 bits per heavy atom. The van der Waals surface area contributed by atoms with Crippen LogP contribution in [0.25, 0.3) is 0 Å². The van der Waals surface area contributed by atoms with E-state index in [1.54, 1.807) is 0 Å². The van der Waals surface area contributed by atoms with Gasteiger partial charge in [-0.3, -0.25) is 0 Å². The predicted molar refractivity (Wildman–Crippen MR) is 72.0 cm³/mol. The van der Waals surface area contributed by atoms with E-state index in [2.05, 4.69) is 4.98 Å². The summed E-state index contributed by atoms with van der Waals surface area (Å²) in [5, 5.41) is 0. The van der Waals surface area contributed by atoms with Gasteiger partial charge in [-0.2, -0.15) is 0 Å². The topological polar surface area (TPSA) is 42.2 Å². The van der Waals surface area contributed by atoms with E-state index in [9.17, 15) is 8.78 Å². The van der Waals surface area contributed by atoms with Crippen LogP contribution in [0.15, 0.2) is 12.3 Å². The summed E-state index contributed by atoms with van der Waals surface area (Å²) in [5.74, 6) is -0.949. The quantitative estimate of drug-likeness (QED) is 0.914. The van der Waals surface area contributed by atoms with Gasteiger partial charge in [-0.1, -0.05) is 6.92 Å². The van der Waals surface area contributed by atoms with E-state index in [1.807, 2.05) is 11.8 Å². The van der Waals surface area contributed by atoms with Crippen molar-refractivity contribution in [2.75, 3.05) is 11.4 Å². The summed E-state index contributed by atoms with van der Waals surface area (Å²) in [7, 11) is 0. The van der Waals surface area contributed by atoms with Crippen molar-refractivity contribution >= 4 is 5.82 Å². The minimum absolute atomic E-state index is 0.255. The second-order valence-electron chi connectivity index (χ2n) is 5.22. The SMILES string of the molecule is CCCN(c1ncc(F)cc1F)C1CCC(N)CC1. The van der Waals surface area contributed by atoms with Crippen molar-refractivity contribution in [3.05, 3.63) is 23.9 Å². The Kier molecular flexibility index (Phi) is 4.69. The lowest BCUT2D eigenvalue weighted by atomic mass is 9.90. The predicted octanol–water partition coefficient (Wildman–Crippen LogP) is 2.85. The zero-order chi connectivity index (χ0) is 13.8. The van der Waals surface area contributed by atoms with Gasteiger partial charge >= 0.3 is 0 Å². The van der Waals surface area contributed by atoms with Crippen LogP contribution < -0.4 is 10.6 Å². The molecule has 2 rings (SSSR count). The molecule has 0 saturated heterocycles. The second-order valence-corrected chi connectivity index (χ2v) is 5.22. The van der Waals surface area contributed by atoms with Crippen molar-refractivity contribution < 1.29 is 8.78 Å². The van der Waals surface area contributed by atoms with Gasteiger partial charge in [-0.15, -0.1) is 0 Å². The highest BCUT2D eigenvalue weighted by molar-refractivity contribution is 5.41. The number of aromatic nitrogens is 1. The Hall–Kier alpha value is -1.23. The van der Waals surface area contributed by atoms with Crippen LogP contribution in [-0.4, -0.2) is 23.6 Å². The summed E-state index contributed by atoms with van der Waals surface area (Å²) in [6.07, 6.45) is 5.78. The maximum atomic E-state index is 13.9. The normalized spacial score (nSPS) is 23.4. The molecule has 1 aromatic heterocycles. The maximum absolute atomic E-state index is 13.9. The molecule has 1 aliphatic rings. The fraction of sp³-hybridized carbons (Fsp3) is 0.643. The maximum Gasteiger partial charge on any atom is 0.168 e. The standard InChI is InChI=1S/C14H21F2N3/c1-2-7-19(12-5-3-11(17)4-6-12)14-13(16)8-10(15)9-18-14/h8-9,11-12H,2-7,17H2,1H3. The number of nitrogens with two attached hydrogens (primary N) is 1. The molecule has 2 N–H and O–H groups in total. The summed E-state index contributed by atoms with van der Waals surface area (Å²) in [6, 6.07) is 1.41. The first-order chi connectivity index (χ1) is 9.11. The smallest absolute Gasteiger partial charge is 0.168 e. The van der Waals surface area contributed by atoms with Gasteiger partial charge < -0.3 is 10.6 Å².